The molecular weight excluding hydrogens is 220 g/mol. The number of nitrogens with one attached hydrogen (secondary N) is 1. The number of nitrogens with two attached hydrogens (primary N) is 1. The number of carbonyl (C=O) groups excluding carboxylic acids is 1. The van der Waals surface area contributed by atoms with Gasteiger partial charge in [0.05, 0.1) is 6.42 Å². The van der Waals surface area contributed by atoms with Gasteiger partial charge in [0, 0.05) is 18.2 Å². The lowest BCUT2D eigenvalue weighted by atomic mass is 10.1. The Balaban J connectivity index is 2.62. The van der Waals surface area contributed by atoms with Crippen LogP contribution in [0.15, 0.2) is 24.3 Å². The second kappa shape index (κ2) is 6.00. The van der Waals surface area contributed by atoms with Crippen molar-refractivity contribution < 1.29 is 14.7 Å². The second-order valence-corrected chi connectivity index (χ2v) is 3.89. The van der Waals surface area contributed by atoms with E-state index in [-0.39, 0.29) is 18.2 Å². The Morgan fingerprint density at radius 2 is 1.94 bits per heavy atom. The topological polar surface area (TPSA) is 92.4 Å². The average molecular weight is 236 g/mol. The van der Waals surface area contributed by atoms with Crippen molar-refractivity contribution in [3.8, 4) is 0 Å². The summed E-state index contributed by atoms with van der Waals surface area (Å²) < 4.78 is 0. The maximum atomic E-state index is 11.5. The van der Waals surface area contributed by atoms with Crippen LogP contribution in [0.25, 0.3) is 0 Å². The zero-order valence-electron chi connectivity index (χ0n) is 9.64. The lowest BCUT2D eigenvalue weighted by molar-refractivity contribution is -0.136. The van der Waals surface area contributed by atoms with Crippen molar-refractivity contribution in [2.75, 3.05) is 11.9 Å². The molecule has 0 aliphatic rings. The summed E-state index contributed by atoms with van der Waals surface area (Å²) in [7, 11) is 0. The summed E-state index contributed by atoms with van der Waals surface area (Å²) in [6.07, 6.45) is -0.0204. The first-order valence-corrected chi connectivity index (χ1v) is 5.34. The summed E-state index contributed by atoms with van der Waals surface area (Å²) in [5.74, 6) is -1.26. The van der Waals surface area contributed by atoms with Crippen molar-refractivity contribution in [1.29, 1.82) is 0 Å². The van der Waals surface area contributed by atoms with E-state index in [1.165, 1.54) is 0 Å². The summed E-state index contributed by atoms with van der Waals surface area (Å²) in [4.78, 5) is 22.0. The zero-order chi connectivity index (χ0) is 12.8. The fraction of sp³-hybridized carbons (Fsp3) is 0.333. The van der Waals surface area contributed by atoms with Crippen LogP contribution in [0, 0.1) is 5.92 Å². The molecule has 0 spiro atoms. The number of hydrogen-bond acceptors (Lipinski definition) is 3. The molecule has 4 N–H and O–H groups in total. The van der Waals surface area contributed by atoms with Crippen LogP contribution in [0.3, 0.4) is 0 Å². The summed E-state index contributed by atoms with van der Waals surface area (Å²) in [5, 5.41) is 11.3. The van der Waals surface area contributed by atoms with E-state index in [0.717, 1.165) is 0 Å². The van der Waals surface area contributed by atoms with Crippen LogP contribution in [0.2, 0.25) is 0 Å². The van der Waals surface area contributed by atoms with Gasteiger partial charge in [-0.25, -0.2) is 0 Å². The highest BCUT2D eigenvalue weighted by Gasteiger charge is 2.10. The molecule has 1 amide bonds. The van der Waals surface area contributed by atoms with Gasteiger partial charge in [-0.1, -0.05) is 19.1 Å². The van der Waals surface area contributed by atoms with Crippen molar-refractivity contribution in [2.45, 2.75) is 13.3 Å². The van der Waals surface area contributed by atoms with Gasteiger partial charge >= 0.3 is 5.97 Å². The summed E-state index contributed by atoms with van der Waals surface area (Å²) >= 11 is 0. The van der Waals surface area contributed by atoms with Crippen LogP contribution in [-0.2, 0) is 16.0 Å². The average Bonchev–Trinajstić information content (AvgIpc) is 2.30. The van der Waals surface area contributed by atoms with Gasteiger partial charge < -0.3 is 16.2 Å². The van der Waals surface area contributed by atoms with Crippen LogP contribution in [0.5, 0.6) is 0 Å². The highest BCUT2D eigenvalue weighted by Crippen LogP contribution is 2.11. The Morgan fingerprint density at radius 3 is 2.41 bits per heavy atom. The van der Waals surface area contributed by atoms with Gasteiger partial charge in [0.2, 0.25) is 5.91 Å². The fourth-order valence-corrected chi connectivity index (χ4v) is 1.25. The van der Waals surface area contributed by atoms with Crippen molar-refractivity contribution in [3.05, 3.63) is 29.8 Å². The molecule has 92 valence electrons. The number of amides is 1. The van der Waals surface area contributed by atoms with Crippen molar-refractivity contribution in [3.63, 3.8) is 0 Å². The Labute approximate surface area is 99.6 Å². The standard InChI is InChI=1S/C12H16N2O3/c1-8(7-13)12(17)14-10-4-2-9(3-5-10)6-11(15)16/h2-5,8H,6-7,13H2,1H3,(H,14,17)(H,15,16). The van der Waals surface area contributed by atoms with Gasteiger partial charge in [0.15, 0.2) is 0 Å². The summed E-state index contributed by atoms with van der Waals surface area (Å²) in [5.41, 5.74) is 6.72. The molecule has 1 atom stereocenters. The first-order chi connectivity index (χ1) is 8.02. The molecule has 5 nitrogen and oxygen atoms in total. The third kappa shape index (κ3) is 4.24. The first-order valence-electron chi connectivity index (χ1n) is 5.34. The highest BCUT2D eigenvalue weighted by molar-refractivity contribution is 5.92. The van der Waals surface area contributed by atoms with Gasteiger partial charge in [0.1, 0.15) is 0 Å². The van der Waals surface area contributed by atoms with Crippen LogP contribution < -0.4 is 11.1 Å². The number of anilines is 1. The Hall–Kier alpha value is -1.88. The van der Waals surface area contributed by atoms with Gasteiger partial charge in [-0.15, -0.1) is 0 Å². The van der Waals surface area contributed by atoms with Gasteiger partial charge in [-0.3, -0.25) is 9.59 Å². The quantitative estimate of drug-likeness (QED) is 0.706. The molecule has 17 heavy (non-hydrogen) atoms. The van der Waals surface area contributed by atoms with Crippen LogP contribution in [-0.4, -0.2) is 23.5 Å². The van der Waals surface area contributed by atoms with Crippen molar-refractivity contribution in [1.82, 2.24) is 0 Å². The smallest absolute Gasteiger partial charge is 0.307 e. The number of carboxylic acids is 1. The molecule has 0 radical (unpaired) electrons. The molecular formula is C12H16N2O3. The third-order valence-electron chi connectivity index (χ3n) is 2.38. The molecule has 0 aromatic heterocycles. The Kier molecular flexibility index (Phi) is 4.66. The molecule has 0 aliphatic heterocycles. The van der Waals surface area contributed by atoms with Gasteiger partial charge in [-0.2, -0.15) is 0 Å². The molecule has 1 aromatic carbocycles. The molecule has 1 unspecified atom stereocenters. The molecule has 0 saturated carbocycles. The monoisotopic (exact) mass is 236 g/mol. The zero-order valence-corrected chi connectivity index (χ0v) is 9.64. The minimum absolute atomic E-state index is 0.0204. The SMILES string of the molecule is CC(CN)C(=O)Nc1ccc(CC(=O)O)cc1. The van der Waals surface area contributed by atoms with Crippen LogP contribution in [0.1, 0.15) is 12.5 Å². The number of carboxylic acid groups (broad SMARTS) is 1. The van der Waals surface area contributed by atoms with Gasteiger partial charge in [-0.05, 0) is 17.7 Å². The summed E-state index contributed by atoms with van der Waals surface area (Å²) in [6, 6.07) is 6.71. The third-order valence-corrected chi connectivity index (χ3v) is 2.38. The van der Waals surface area contributed by atoms with Crippen LogP contribution in [0.4, 0.5) is 5.69 Å². The van der Waals surface area contributed by atoms with E-state index >= 15 is 0 Å². The molecule has 0 fully saturated rings. The van der Waals surface area contributed by atoms with E-state index in [1.807, 2.05) is 0 Å². The van der Waals surface area contributed by atoms with E-state index in [2.05, 4.69) is 5.32 Å². The van der Waals surface area contributed by atoms with Gasteiger partial charge in [0.25, 0.3) is 0 Å². The molecule has 0 aliphatic carbocycles. The van der Waals surface area contributed by atoms with E-state index in [9.17, 15) is 9.59 Å². The fourth-order valence-electron chi connectivity index (χ4n) is 1.25. The minimum atomic E-state index is -0.876. The number of hydrogen-bond donors (Lipinski definition) is 3. The predicted octanol–water partition coefficient (Wildman–Crippen LogP) is 0.847. The number of carbonyl (C=O) groups is 2. The van der Waals surface area contributed by atoms with Crippen molar-refractivity contribution in [2.24, 2.45) is 11.7 Å². The van der Waals surface area contributed by atoms with E-state index < -0.39 is 5.97 Å². The molecule has 5 heteroatoms. The number of benzene rings is 1. The van der Waals surface area contributed by atoms with E-state index in [0.29, 0.717) is 17.8 Å². The Morgan fingerprint density at radius 1 is 1.35 bits per heavy atom. The summed E-state index contributed by atoms with van der Waals surface area (Å²) in [6.45, 7) is 2.04. The van der Waals surface area contributed by atoms with E-state index in [4.69, 9.17) is 10.8 Å². The van der Waals surface area contributed by atoms with Crippen molar-refractivity contribution >= 4 is 17.6 Å². The lowest BCUT2D eigenvalue weighted by Crippen LogP contribution is -2.26. The molecule has 0 bridgehead atoms. The number of aliphatic carboxylic acids is 1. The normalized spacial score (nSPS) is 11.9. The number of rotatable bonds is 5. The lowest BCUT2D eigenvalue weighted by Gasteiger charge is -2.10. The van der Waals surface area contributed by atoms with E-state index in [1.54, 1.807) is 31.2 Å². The first kappa shape index (κ1) is 13.2. The van der Waals surface area contributed by atoms with Crippen LogP contribution >= 0.6 is 0 Å². The highest BCUT2D eigenvalue weighted by atomic mass is 16.4. The Bertz CT molecular complexity index is 401. The predicted molar refractivity (Wildman–Crippen MR) is 64.6 cm³/mol. The molecule has 0 heterocycles. The maximum absolute atomic E-state index is 11.5. The minimum Gasteiger partial charge on any atom is -0.481 e. The molecule has 0 saturated heterocycles. The molecule has 1 rings (SSSR count). The second-order valence-electron chi connectivity index (χ2n) is 3.89. The largest absolute Gasteiger partial charge is 0.481 e. The molecule has 1 aromatic rings. The maximum Gasteiger partial charge on any atom is 0.307 e.